The van der Waals surface area contributed by atoms with Gasteiger partial charge in [-0.15, -0.1) is 0 Å². The highest BCUT2D eigenvalue weighted by molar-refractivity contribution is 6.30. The molecule has 0 radical (unpaired) electrons. The molecule has 0 saturated heterocycles. The first-order valence-electron chi connectivity index (χ1n) is 11.7. The van der Waals surface area contributed by atoms with E-state index in [0.29, 0.717) is 44.5 Å². The quantitative estimate of drug-likeness (QED) is 0.227. The molecule has 0 aliphatic rings. The molecule has 0 fully saturated rings. The molecule has 5 aromatic rings. The van der Waals surface area contributed by atoms with Crippen LogP contribution in [0.1, 0.15) is 10.4 Å². The van der Waals surface area contributed by atoms with Crippen molar-refractivity contribution in [3.63, 3.8) is 0 Å². The number of amides is 1. The minimum atomic E-state index is -0.617. The Labute approximate surface area is 228 Å². The lowest BCUT2D eigenvalue weighted by Crippen LogP contribution is -2.12. The van der Waals surface area contributed by atoms with Crippen molar-refractivity contribution in [2.75, 3.05) is 24.9 Å². The van der Waals surface area contributed by atoms with E-state index in [1.54, 1.807) is 68.0 Å². The van der Waals surface area contributed by atoms with Gasteiger partial charge < -0.3 is 24.8 Å². The maximum absolute atomic E-state index is 15.1. The van der Waals surface area contributed by atoms with Gasteiger partial charge in [-0.25, -0.2) is 4.39 Å². The molecule has 0 unspecified atom stereocenters. The second kappa shape index (κ2) is 10.9. The number of nitrogens with one attached hydrogen (secondary N) is 2. The average Bonchev–Trinajstić information content (AvgIpc) is 3.30. The highest BCUT2D eigenvalue weighted by Crippen LogP contribution is 2.37. The largest absolute Gasteiger partial charge is 0.493 e. The highest BCUT2D eigenvalue weighted by Gasteiger charge is 2.18. The van der Waals surface area contributed by atoms with E-state index in [-0.39, 0.29) is 23.0 Å². The molecule has 0 aliphatic carbocycles. The Morgan fingerprint density at radius 2 is 1.64 bits per heavy atom. The van der Waals surface area contributed by atoms with E-state index in [1.165, 1.54) is 31.0 Å². The maximum atomic E-state index is 15.1. The van der Waals surface area contributed by atoms with Crippen LogP contribution in [0.4, 0.5) is 21.6 Å². The molecule has 39 heavy (non-hydrogen) atoms. The van der Waals surface area contributed by atoms with Crippen LogP contribution >= 0.6 is 11.6 Å². The standard InChI is InChI=1S/C28H23ClFN5O4/c1-35-15-20(28(36)33-17-6-4-16(29)5-7-17)27(34-35)32-18-8-9-24(21(30)12-18)39-23-10-11-31-22-14-26(38-3)25(37-2)13-19(22)23/h4-15H,1-3H3,(H,32,34)(H,33,36). The van der Waals surface area contributed by atoms with Crippen molar-refractivity contribution in [1.29, 1.82) is 0 Å². The van der Waals surface area contributed by atoms with E-state index in [9.17, 15) is 4.79 Å². The number of aryl methyl sites for hydroxylation is 1. The van der Waals surface area contributed by atoms with Gasteiger partial charge in [0.2, 0.25) is 0 Å². The zero-order chi connectivity index (χ0) is 27.5. The summed E-state index contributed by atoms with van der Waals surface area (Å²) >= 11 is 5.91. The molecule has 198 valence electrons. The summed E-state index contributed by atoms with van der Waals surface area (Å²) in [5.74, 6) is 0.675. The summed E-state index contributed by atoms with van der Waals surface area (Å²) in [6, 6.07) is 16.2. The molecule has 5 rings (SSSR count). The van der Waals surface area contributed by atoms with Gasteiger partial charge in [-0.1, -0.05) is 11.6 Å². The van der Waals surface area contributed by atoms with E-state index in [4.69, 9.17) is 25.8 Å². The van der Waals surface area contributed by atoms with Crippen molar-refractivity contribution >= 4 is 45.6 Å². The van der Waals surface area contributed by atoms with Crippen molar-refractivity contribution in [3.05, 3.63) is 89.5 Å². The monoisotopic (exact) mass is 547 g/mol. The third-order valence-electron chi connectivity index (χ3n) is 5.80. The van der Waals surface area contributed by atoms with Gasteiger partial charge >= 0.3 is 0 Å². The van der Waals surface area contributed by atoms with Crippen LogP contribution in [-0.4, -0.2) is 34.9 Å². The normalized spacial score (nSPS) is 10.8. The summed E-state index contributed by atoms with van der Waals surface area (Å²) < 4.78 is 33.3. The zero-order valence-corrected chi connectivity index (χ0v) is 21.9. The molecule has 0 aliphatic heterocycles. The lowest BCUT2D eigenvalue weighted by Gasteiger charge is -2.13. The van der Waals surface area contributed by atoms with Crippen LogP contribution < -0.4 is 24.8 Å². The molecule has 0 atom stereocenters. The van der Waals surface area contributed by atoms with Crippen LogP contribution in [0.25, 0.3) is 10.9 Å². The van der Waals surface area contributed by atoms with Crippen LogP contribution in [0.15, 0.2) is 73.1 Å². The molecular formula is C28H23ClFN5O4. The van der Waals surface area contributed by atoms with Crippen molar-refractivity contribution in [3.8, 4) is 23.0 Å². The van der Waals surface area contributed by atoms with Gasteiger partial charge in [0, 0.05) is 53.4 Å². The van der Waals surface area contributed by atoms with E-state index < -0.39 is 5.82 Å². The van der Waals surface area contributed by atoms with Crippen molar-refractivity contribution in [2.45, 2.75) is 0 Å². The predicted octanol–water partition coefficient (Wildman–Crippen LogP) is 6.57. The van der Waals surface area contributed by atoms with Crippen LogP contribution in [0.2, 0.25) is 5.02 Å². The van der Waals surface area contributed by atoms with Crippen LogP contribution in [0.3, 0.4) is 0 Å². The van der Waals surface area contributed by atoms with Crippen molar-refractivity contribution < 1.29 is 23.4 Å². The Morgan fingerprint density at radius 1 is 0.923 bits per heavy atom. The fourth-order valence-corrected chi connectivity index (χ4v) is 4.06. The zero-order valence-electron chi connectivity index (χ0n) is 21.2. The van der Waals surface area contributed by atoms with Gasteiger partial charge in [-0.05, 0) is 48.5 Å². The summed E-state index contributed by atoms with van der Waals surface area (Å²) in [6.45, 7) is 0. The molecule has 0 bridgehead atoms. The van der Waals surface area contributed by atoms with E-state index >= 15 is 4.39 Å². The lowest BCUT2D eigenvalue weighted by atomic mass is 10.1. The number of hydrogen-bond acceptors (Lipinski definition) is 7. The number of benzene rings is 3. The molecule has 2 aromatic heterocycles. The first kappa shape index (κ1) is 25.8. The predicted molar refractivity (Wildman–Crippen MR) is 147 cm³/mol. The number of anilines is 3. The summed E-state index contributed by atoms with van der Waals surface area (Å²) in [4.78, 5) is 17.2. The number of halogens is 2. The number of ether oxygens (including phenoxy) is 3. The Balaban J connectivity index is 1.37. The number of hydrogen-bond donors (Lipinski definition) is 2. The number of carbonyl (C=O) groups is 1. The van der Waals surface area contributed by atoms with Gasteiger partial charge in [0.1, 0.15) is 11.3 Å². The summed E-state index contributed by atoms with van der Waals surface area (Å²) in [6.07, 6.45) is 3.13. The van der Waals surface area contributed by atoms with Gasteiger partial charge in [0.05, 0.1) is 19.7 Å². The minimum absolute atomic E-state index is 0.00422. The fourth-order valence-electron chi connectivity index (χ4n) is 3.93. The molecular weight excluding hydrogens is 525 g/mol. The van der Waals surface area contributed by atoms with E-state index in [1.807, 2.05) is 0 Å². The Kier molecular flexibility index (Phi) is 7.20. The smallest absolute Gasteiger partial charge is 0.261 e. The molecule has 2 N–H and O–H groups in total. The second-order valence-corrected chi connectivity index (χ2v) is 8.87. The van der Waals surface area contributed by atoms with Crippen LogP contribution in [0.5, 0.6) is 23.0 Å². The first-order valence-corrected chi connectivity index (χ1v) is 12.1. The minimum Gasteiger partial charge on any atom is -0.493 e. The van der Waals surface area contributed by atoms with E-state index in [2.05, 4.69) is 20.7 Å². The number of aromatic nitrogens is 3. The second-order valence-electron chi connectivity index (χ2n) is 8.43. The highest BCUT2D eigenvalue weighted by atomic mass is 35.5. The fraction of sp³-hybridized carbons (Fsp3) is 0.107. The SMILES string of the molecule is COc1cc2nccc(Oc3ccc(Nc4nn(C)cc4C(=O)Nc4ccc(Cl)cc4)cc3F)c2cc1OC. The number of methoxy groups -OCH3 is 2. The third kappa shape index (κ3) is 5.55. The number of carbonyl (C=O) groups excluding carboxylic acids is 1. The molecule has 0 saturated carbocycles. The number of nitrogens with zero attached hydrogens (tertiary/aromatic N) is 3. The molecule has 0 spiro atoms. The maximum Gasteiger partial charge on any atom is 0.261 e. The summed E-state index contributed by atoms with van der Waals surface area (Å²) in [5, 5.41) is 11.3. The summed E-state index contributed by atoms with van der Waals surface area (Å²) in [7, 11) is 4.75. The molecule has 3 aromatic carbocycles. The van der Waals surface area contributed by atoms with Gasteiger partial charge in [0.15, 0.2) is 28.9 Å². The topological polar surface area (TPSA) is 99.5 Å². The molecule has 11 heteroatoms. The van der Waals surface area contributed by atoms with Crippen LogP contribution in [0, 0.1) is 5.82 Å². The Bertz CT molecular complexity index is 1670. The molecule has 9 nitrogen and oxygen atoms in total. The third-order valence-corrected chi connectivity index (χ3v) is 6.05. The molecule has 1 amide bonds. The number of pyridine rings is 1. The number of rotatable bonds is 8. The van der Waals surface area contributed by atoms with Gasteiger partial charge in [-0.3, -0.25) is 14.5 Å². The Hall–Kier alpha value is -4.83. The van der Waals surface area contributed by atoms with Gasteiger partial charge in [0.25, 0.3) is 5.91 Å². The van der Waals surface area contributed by atoms with Crippen LogP contribution in [-0.2, 0) is 7.05 Å². The summed E-state index contributed by atoms with van der Waals surface area (Å²) in [5.41, 5.74) is 1.83. The van der Waals surface area contributed by atoms with E-state index in [0.717, 1.165) is 0 Å². The van der Waals surface area contributed by atoms with Crippen molar-refractivity contribution in [2.24, 2.45) is 7.05 Å². The number of fused-ring (bicyclic) bond motifs is 1. The first-order chi connectivity index (χ1) is 18.8. The van der Waals surface area contributed by atoms with Crippen molar-refractivity contribution in [1.82, 2.24) is 14.8 Å². The Morgan fingerprint density at radius 3 is 2.36 bits per heavy atom. The lowest BCUT2D eigenvalue weighted by molar-refractivity contribution is 0.102. The molecule has 2 heterocycles. The van der Waals surface area contributed by atoms with Gasteiger partial charge in [-0.2, -0.15) is 5.10 Å². The average molecular weight is 548 g/mol.